The van der Waals surface area contributed by atoms with E-state index in [-0.39, 0.29) is 11.1 Å². The first-order valence-corrected chi connectivity index (χ1v) is 8.31. The molecule has 1 saturated carbocycles. The third-order valence-electron chi connectivity index (χ3n) is 5.14. The van der Waals surface area contributed by atoms with Gasteiger partial charge >= 0.3 is 5.69 Å². The lowest BCUT2D eigenvalue weighted by Crippen LogP contribution is -2.25. The normalized spacial score (nSPS) is 15.5. The topological polar surface area (TPSA) is 49.1 Å². The minimum absolute atomic E-state index is 0.157. The lowest BCUT2D eigenvalue weighted by molar-refractivity contribution is 0.413. The molecule has 130 valence electrons. The lowest BCUT2D eigenvalue weighted by Gasteiger charge is -2.10. The van der Waals surface area contributed by atoms with Crippen molar-refractivity contribution < 1.29 is 9.13 Å². The van der Waals surface area contributed by atoms with E-state index in [0.29, 0.717) is 34.5 Å². The molecule has 5 nitrogen and oxygen atoms in total. The van der Waals surface area contributed by atoms with Crippen molar-refractivity contribution in [3.63, 3.8) is 0 Å². The average molecular weight is 341 g/mol. The molecule has 0 unspecified atom stereocenters. The van der Waals surface area contributed by atoms with Crippen molar-refractivity contribution in [3.05, 3.63) is 46.9 Å². The van der Waals surface area contributed by atoms with E-state index < -0.39 is 5.82 Å². The molecule has 1 fully saturated rings. The smallest absolute Gasteiger partial charge is 0.328 e. The molecular formula is C19H20FN3O2. The maximum absolute atomic E-state index is 15.3. The van der Waals surface area contributed by atoms with Gasteiger partial charge in [0.1, 0.15) is 11.3 Å². The summed E-state index contributed by atoms with van der Waals surface area (Å²) < 4.78 is 23.5. The Hall–Kier alpha value is -2.63. The van der Waals surface area contributed by atoms with Crippen LogP contribution < -0.4 is 10.4 Å². The predicted octanol–water partition coefficient (Wildman–Crippen LogP) is 3.35. The second kappa shape index (κ2) is 5.44. The van der Waals surface area contributed by atoms with Gasteiger partial charge in [-0.15, -0.1) is 0 Å². The first-order chi connectivity index (χ1) is 11.9. The van der Waals surface area contributed by atoms with Gasteiger partial charge in [-0.25, -0.2) is 9.18 Å². The molecule has 0 atom stereocenters. The highest BCUT2D eigenvalue weighted by atomic mass is 19.1. The van der Waals surface area contributed by atoms with Gasteiger partial charge in [-0.2, -0.15) is 0 Å². The number of aromatic nitrogens is 3. The Kier molecular flexibility index (Phi) is 3.45. The number of benzene rings is 1. The number of halogens is 1. The van der Waals surface area contributed by atoms with Crippen molar-refractivity contribution in [2.75, 3.05) is 7.11 Å². The Morgan fingerprint density at radius 2 is 2.08 bits per heavy atom. The van der Waals surface area contributed by atoms with Crippen LogP contribution in [0.15, 0.2) is 35.4 Å². The molecule has 25 heavy (non-hydrogen) atoms. The third-order valence-corrected chi connectivity index (χ3v) is 5.14. The summed E-state index contributed by atoms with van der Waals surface area (Å²) in [5, 5.41) is 0. The monoisotopic (exact) mass is 341 g/mol. The fraction of sp³-hybridized carbons (Fsp3) is 0.368. The van der Waals surface area contributed by atoms with Gasteiger partial charge in [0.2, 0.25) is 0 Å². The summed E-state index contributed by atoms with van der Waals surface area (Å²) in [6.07, 6.45) is 5.37. The fourth-order valence-corrected chi connectivity index (χ4v) is 3.28. The van der Waals surface area contributed by atoms with Gasteiger partial charge < -0.3 is 4.74 Å². The lowest BCUT2D eigenvalue weighted by atomic mass is 10.1. The van der Waals surface area contributed by atoms with Crippen molar-refractivity contribution in [2.45, 2.75) is 26.3 Å². The SMILES string of the molecule is COc1cncc(-c2ccc3c(c2F)n(C)c(=O)n3CC2(C)CC2)c1. The summed E-state index contributed by atoms with van der Waals surface area (Å²) in [6.45, 7) is 2.79. The number of pyridine rings is 1. The van der Waals surface area contributed by atoms with Gasteiger partial charge in [-0.1, -0.05) is 6.92 Å². The number of fused-ring (bicyclic) bond motifs is 1. The van der Waals surface area contributed by atoms with Crippen LogP contribution in [0.25, 0.3) is 22.2 Å². The van der Waals surface area contributed by atoms with Crippen LogP contribution in [0.2, 0.25) is 0 Å². The van der Waals surface area contributed by atoms with E-state index in [2.05, 4.69) is 11.9 Å². The van der Waals surface area contributed by atoms with E-state index in [1.807, 2.05) is 6.07 Å². The summed E-state index contributed by atoms with van der Waals surface area (Å²) in [5.74, 6) is 0.150. The zero-order valence-electron chi connectivity index (χ0n) is 14.5. The van der Waals surface area contributed by atoms with Gasteiger partial charge in [0.25, 0.3) is 0 Å². The zero-order chi connectivity index (χ0) is 17.8. The number of methoxy groups -OCH3 is 1. The molecule has 1 aromatic carbocycles. The van der Waals surface area contributed by atoms with Crippen LogP contribution in [0.1, 0.15) is 19.8 Å². The highest BCUT2D eigenvalue weighted by molar-refractivity contribution is 5.83. The summed E-state index contributed by atoms with van der Waals surface area (Å²) in [5.41, 5.74) is 1.97. The molecule has 0 N–H and O–H groups in total. The Morgan fingerprint density at radius 3 is 2.76 bits per heavy atom. The van der Waals surface area contributed by atoms with Crippen LogP contribution in [-0.4, -0.2) is 21.2 Å². The van der Waals surface area contributed by atoms with Crippen molar-refractivity contribution >= 4 is 11.0 Å². The molecule has 2 aromatic heterocycles. The minimum Gasteiger partial charge on any atom is -0.495 e. The molecule has 0 radical (unpaired) electrons. The summed E-state index contributed by atoms with van der Waals surface area (Å²) in [4.78, 5) is 16.7. The molecule has 4 rings (SSSR count). The molecular weight excluding hydrogens is 321 g/mol. The maximum Gasteiger partial charge on any atom is 0.328 e. The number of ether oxygens (including phenoxy) is 1. The van der Waals surface area contributed by atoms with E-state index in [1.165, 1.54) is 4.57 Å². The highest BCUT2D eigenvalue weighted by Crippen LogP contribution is 2.46. The Bertz CT molecular complexity index is 1030. The van der Waals surface area contributed by atoms with Crippen LogP contribution in [-0.2, 0) is 13.6 Å². The van der Waals surface area contributed by atoms with Gasteiger partial charge in [0.05, 0.1) is 18.8 Å². The zero-order valence-corrected chi connectivity index (χ0v) is 14.5. The van der Waals surface area contributed by atoms with Gasteiger partial charge in [-0.05, 0) is 36.5 Å². The van der Waals surface area contributed by atoms with Crippen molar-refractivity contribution in [1.82, 2.24) is 14.1 Å². The largest absolute Gasteiger partial charge is 0.495 e. The van der Waals surface area contributed by atoms with E-state index in [0.717, 1.165) is 12.8 Å². The van der Waals surface area contributed by atoms with Gasteiger partial charge in [0.15, 0.2) is 5.82 Å². The van der Waals surface area contributed by atoms with Crippen LogP contribution in [0.4, 0.5) is 4.39 Å². The van der Waals surface area contributed by atoms with Gasteiger partial charge in [0, 0.05) is 30.9 Å². The molecule has 0 bridgehead atoms. The molecule has 1 aliphatic rings. The number of hydrogen-bond donors (Lipinski definition) is 0. The van der Waals surface area contributed by atoms with E-state index in [9.17, 15) is 4.79 Å². The highest BCUT2D eigenvalue weighted by Gasteiger charge is 2.38. The van der Waals surface area contributed by atoms with Crippen LogP contribution >= 0.6 is 0 Å². The minimum atomic E-state index is -0.410. The van der Waals surface area contributed by atoms with Crippen LogP contribution in [0.3, 0.4) is 0 Å². The van der Waals surface area contributed by atoms with Gasteiger partial charge in [-0.3, -0.25) is 14.1 Å². The van der Waals surface area contributed by atoms with Crippen molar-refractivity contribution in [2.24, 2.45) is 12.5 Å². The second-order valence-electron chi connectivity index (χ2n) is 7.15. The first kappa shape index (κ1) is 15.9. The molecule has 3 aromatic rings. The number of imidazole rings is 1. The Morgan fingerprint density at radius 1 is 1.32 bits per heavy atom. The summed E-state index contributed by atoms with van der Waals surface area (Å²) >= 11 is 0. The quantitative estimate of drug-likeness (QED) is 0.731. The molecule has 0 spiro atoms. The summed E-state index contributed by atoms with van der Waals surface area (Å²) in [6, 6.07) is 5.26. The average Bonchev–Trinajstić information content (AvgIpc) is 3.30. The first-order valence-electron chi connectivity index (χ1n) is 8.31. The fourth-order valence-electron chi connectivity index (χ4n) is 3.28. The summed E-state index contributed by atoms with van der Waals surface area (Å²) in [7, 11) is 3.16. The molecule has 2 heterocycles. The molecule has 6 heteroatoms. The maximum atomic E-state index is 15.3. The molecule has 0 amide bonds. The number of hydrogen-bond acceptors (Lipinski definition) is 3. The van der Waals surface area contributed by atoms with Crippen LogP contribution in [0, 0.1) is 11.2 Å². The van der Waals surface area contributed by atoms with E-state index in [1.54, 1.807) is 43.3 Å². The predicted molar refractivity (Wildman–Crippen MR) is 94.3 cm³/mol. The standard InChI is InChI=1S/C19H20FN3O2/c1-19(6-7-19)11-23-15-5-4-14(12-8-13(25-3)10-21-9-12)16(20)17(15)22(2)18(23)24/h4-5,8-10H,6-7,11H2,1-3H3. The molecule has 0 aliphatic heterocycles. The van der Waals surface area contributed by atoms with Crippen molar-refractivity contribution in [3.8, 4) is 16.9 Å². The molecule has 1 aliphatic carbocycles. The van der Waals surface area contributed by atoms with Crippen molar-refractivity contribution in [1.29, 1.82) is 0 Å². The second-order valence-corrected chi connectivity index (χ2v) is 7.15. The number of nitrogens with zero attached hydrogens (tertiary/aromatic N) is 3. The van der Waals surface area contributed by atoms with Crippen LogP contribution in [0.5, 0.6) is 5.75 Å². The van der Waals surface area contributed by atoms with E-state index in [4.69, 9.17) is 4.74 Å². The Labute approximate surface area is 144 Å². The third kappa shape index (κ3) is 2.52. The molecule has 0 saturated heterocycles. The van der Waals surface area contributed by atoms with E-state index >= 15 is 4.39 Å². The number of rotatable bonds is 4. The number of aryl methyl sites for hydroxylation is 1. The Balaban J connectivity index is 1.91.